The lowest BCUT2D eigenvalue weighted by atomic mass is 10.1. The van der Waals surface area contributed by atoms with Gasteiger partial charge in [-0.1, -0.05) is 0 Å². The van der Waals surface area contributed by atoms with Gasteiger partial charge >= 0.3 is 23.9 Å². The predicted molar refractivity (Wildman–Crippen MR) is 240 cm³/mol. The third-order valence-electron chi connectivity index (χ3n) is 9.94. The van der Waals surface area contributed by atoms with E-state index >= 15 is 0 Å². The highest BCUT2D eigenvalue weighted by molar-refractivity contribution is 5.97. The lowest BCUT2D eigenvalue weighted by molar-refractivity contribution is -0.144. The van der Waals surface area contributed by atoms with E-state index in [0.717, 1.165) is 11.4 Å². The Balaban J connectivity index is 0.000000247. The van der Waals surface area contributed by atoms with Crippen molar-refractivity contribution in [1.82, 2.24) is 30.6 Å². The van der Waals surface area contributed by atoms with Gasteiger partial charge in [-0.05, 0) is 61.4 Å². The number of nitrogens with one attached hydrogen (secondary N) is 10. The zero-order chi connectivity index (χ0) is 47.9. The number of hydrogen-bond acceptors (Lipinski definition) is 20. The van der Waals surface area contributed by atoms with E-state index in [0.29, 0.717) is 49.2 Å². The molecule has 4 heterocycles. The number of methoxy groups -OCH3 is 2. The number of carboxylic acid groups (broad SMARTS) is 2. The van der Waals surface area contributed by atoms with Crippen LogP contribution >= 0.6 is 0 Å². The van der Waals surface area contributed by atoms with Gasteiger partial charge in [0.15, 0.2) is 11.6 Å². The number of carbonyl (C=O) groups is 6. The van der Waals surface area contributed by atoms with Crippen molar-refractivity contribution in [2.45, 2.75) is 49.9 Å². The van der Waals surface area contributed by atoms with Gasteiger partial charge in [-0.2, -0.15) is 9.97 Å². The van der Waals surface area contributed by atoms with Crippen LogP contribution in [0.4, 0.5) is 46.3 Å². The Hall–Kier alpha value is -8.58. The Morgan fingerprint density at radius 3 is 1.35 bits per heavy atom. The van der Waals surface area contributed by atoms with Crippen LogP contribution in [0.15, 0.2) is 58.1 Å². The zero-order valence-corrected chi connectivity index (χ0v) is 35.6. The van der Waals surface area contributed by atoms with Crippen LogP contribution in [0.3, 0.4) is 0 Å². The van der Waals surface area contributed by atoms with Crippen LogP contribution < -0.4 is 65.1 Å². The molecule has 26 heteroatoms. The number of carboxylic acids is 2. The maximum atomic E-state index is 12.4. The molecule has 4 atom stereocenters. The van der Waals surface area contributed by atoms with Crippen molar-refractivity contribution < 1.29 is 48.5 Å². The maximum absolute atomic E-state index is 12.4. The summed E-state index contributed by atoms with van der Waals surface area (Å²) in [5.74, 6) is -3.86. The molecule has 0 aliphatic carbocycles. The number of hydrogen-bond donors (Lipinski definition) is 14. The van der Waals surface area contributed by atoms with E-state index in [9.17, 15) is 48.6 Å². The highest BCUT2D eigenvalue weighted by Gasteiger charge is 2.25. The number of carbonyl (C=O) groups excluding carboxylic acids is 4. The molecular weight excluding hydrogens is 869 g/mol. The minimum atomic E-state index is -1.24. The monoisotopic (exact) mass is 918 g/mol. The zero-order valence-electron chi connectivity index (χ0n) is 35.6. The number of anilines is 8. The van der Waals surface area contributed by atoms with Gasteiger partial charge in [0.05, 0.1) is 26.3 Å². The van der Waals surface area contributed by atoms with Gasteiger partial charge < -0.3 is 73.7 Å². The number of fused-ring (bicyclic) bond motifs is 2. The van der Waals surface area contributed by atoms with Crippen LogP contribution in [0, 0.1) is 0 Å². The molecule has 0 saturated carbocycles. The van der Waals surface area contributed by atoms with Crippen molar-refractivity contribution in [2.75, 3.05) is 83.8 Å². The normalized spacial score (nSPS) is 15.2. The molecule has 2 aliphatic heterocycles. The van der Waals surface area contributed by atoms with Gasteiger partial charge in [-0.25, -0.2) is 9.59 Å². The second-order valence-corrected chi connectivity index (χ2v) is 14.7. The van der Waals surface area contributed by atoms with Crippen molar-refractivity contribution >= 4 is 82.0 Å². The average molecular weight is 919 g/mol. The first kappa shape index (κ1) is 48.5. The molecule has 0 fully saturated rings. The fourth-order valence-corrected chi connectivity index (χ4v) is 6.39. The van der Waals surface area contributed by atoms with Crippen molar-refractivity contribution in [3.8, 4) is 0 Å². The van der Waals surface area contributed by atoms with E-state index < -0.39 is 47.8 Å². The molecule has 4 aromatic rings. The molecule has 6 rings (SSSR count). The molecule has 0 bridgehead atoms. The average Bonchev–Trinajstić information content (AvgIpc) is 3.30. The summed E-state index contributed by atoms with van der Waals surface area (Å²) in [7, 11) is 2.42. The first-order valence-corrected chi connectivity index (χ1v) is 20.2. The number of amides is 2. The van der Waals surface area contributed by atoms with Crippen molar-refractivity contribution in [2.24, 2.45) is 0 Å². The summed E-state index contributed by atoms with van der Waals surface area (Å²) in [6.45, 7) is 1.96. The number of aliphatic carboxylic acids is 2. The maximum Gasteiger partial charge on any atom is 0.326 e. The number of benzene rings is 2. The summed E-state index contributed by atoms with van der Waals surface area (Å²) in [5.41, 5.74) is 13.0. The largest absolute Gasteiger partial charge is 0.480 e. The number of rotatable bonds is 18. The molecule has 0 radical (unpaired) electrons. The lowest BCUT2D eigenvalue weighted by Gasteiger charge is -2.27. The number of esters is 2. The van der Waals surface area contributed by atoms with Gasteiger partial charge in [0, 0.05) is 61.5 Å². The summed E-state index contributed by atoms with van der Waals surface area (Å²) in [6, 6.07) is 10.3. The van der Waals surface area contributed by atoms with Crippen LogP contribution in [-0.4, -0.2) is 130 Å². The summed E-state index contributed by atoms with van der Waals surface area (Å²) in [5, 5.41) is 42.1. The Morgan fingerprint density at radius 2 is 1.02 bits per heavy atom. The molecule has 352 valence electrons. The molecule has 2 aromatic carbocycles. The van der Waals surface area contributed by atoms with E-state index in [1.54, 1.807) is 48.5 Å². The smallest absolute Gasteiger partial charge is 0.326 e. The van der Waals surface area contributed by atoms with Gasteiger partial charge in [-0.15, -0.1) is 0 Å². The SMILES string of the molecule is COC(=O)CCC(NC(=O)c1ccc(NCC2CNc3nc(N)[nH]c(=O)c3N2)cc1)C(=O)O.COC(=O)CCC(NC(=O)c1ccc(NCC2CNc3nc(N)[nH]c(=O)c3N2)cc1)C(=O)O. The topological polar surface area (TPSA) is 401 Å². The van der Waals surface area contributed by atoms with Crippen LogP contribution in [-0.2, 0) is 28.7 Å². The highest BCUT2D eigenvalue weighted by atomic mass is 16.5. The van der Waals surface area contributed by atoms with Crippen LogP contribution in [0.25, 0.3) is 0 Å². The molecule has 66 heavy (non-hydrogen) atoms. The van der Waals surface area contributed by atoms with Crippen LogP contribution in [0.1, 0.15) is 46.4 Å². The Bertz CT molecular complexity index is 2340. The second-order valence-electron chi connectivity index (χ2n) is 14.7. The van der Waals surface area contributed by atoms with Crippen LogP contribution in [0.5, 0.6) is 0 Å². The number of H-pyrrole nitrogens is 2. The Labute approximate surface area is 374 Å². The van der Waals surface area contributed by atoms with Gasteiger partial charge in [0.1, 0.15) is 23.5 Å². The standard InChI is InChI=1S/2C20H25N7O6/c2*1-33-14(28)7-6-13(19(31)32)25-17(29)10-2-4-11(5-3-10)22-8-12-9-23-16-15(24-12)18(30)27-20(21)26-16/h2*2-5,12-13,22,24H,6-9H2,1H3,(H,25,29)(H,31,32)(H4,21,23,26,27,30). The summed E-state index contributed by atoms with van der Waals surface area (Å²) in [6.07, 6.45) is -0.408. The van der Waals surface area contributed by atoms with Gasteiger partial charge in [0.25, 0.3) is 22.9 Å². The summed E-state index contributed by atoms with van der Waals surface area (Å²) in [4.78, 5) is 107. The lowest BCUT2D eigenvalue weighted by Crippen LogP contribution is -2.41. The summed E-state index contributed by atoms with van der Waals surface area (Å²) >= 11 is 0. The number of aromatic amines is 2. The fraction of sp³-hybridized carbons (Fsp3) is 0.350. The van der Waals surface area contributed by atoms with E-state index in [-0.39, 0.29) is 71.9 Å². The molecule has 16 N–H and O–H groups in total. The first-order chi connectivity index (χ1) is 31.5. The number of ether oxygens (including phenoxy) is 2. The molecule has 0 saturated heterocycles. The molecule has 2 amide bonds. The number of aromatic nitrogens is 4. The van der Waals surface area contributed by atoms with Crippen molar-refractivity contribution in [1.29, 1.82) is 0 Å². The number of nitrogens with two attached hydrogens (primary N) is 2. The number of nitrogens with zero attached hydrogens (tertiary/aromatic N) is 2. The first-order valence-electron chi connectivity index (χ1n) is 20.2. The molecular formula is C40H50N14O12. The van der Waals surface area contributed by atoms with Crippen molar-refractivity contribution in [3.63, 3.8) is 0 Å². The van der Waals surface area contributed by atoms with Gasteiger partial charge in [-0.3, -0.25) is 38.7 Å². The molecule has 2 aliphatic rings. The summed E-state index contributed by atoms with van der Waals surface area (Å²) < 4.78 is 8.99. The molecule has 2 aromatic heterocycles. The van der Waals surface area contributed by atoms with Crippen molar-refractivity contribution in [3.05, 3.63) is 80.4 Å². The number of nitrogen functional groups attached to an aromatic ring is 2. The minimum Gasteiger partial charge on any atom is -0.480 e. The third-order valence-corrected chi connectivity index (χ3v) is 9.94. The second kappa shape index (κ2) is 22.7. The Morgan fingerprint density at radius 1 is 0.652 bits per heavy atom. The van der Waals surface area contributed by atoms with E-state index in [1.165, 1.54) is 14.2 Å². The minimum absolute atomic E-state index is 0.0342. The highest BCUT2D eigenvalue weighted by Crippen LogP contribution is 2.22. The van der Waals surface area contributed by atoms with Crippen LogP contribution in [0.2, 0.25) is 0 Å². The van der Waals surface area contributed by atoms with E-state index in [1.807, 2.05) is 0 Å². The molecule has 26 nitrogen and oxygen atoms in total. The Kier molecular flexibility index (Phi) is 16.6. The van der Waals surface area contributed by atoms with Gasteiger partial charge in [0.2, 0.25) is 11.9 Å². The quantitative estimate of drug-likeness (QED) is 0.0565. The van der Waals surface area contributed by atoms with E-state index in [4.69, 9.17) is 11.5 Å². The van der Waals surface area contributed by atoms with E-state index in [2.05, 4.69) is 71.9 Å². The predicted octanol–water partition coefficient (Wildman–Crippen LogP) is -0.387. The molecule has 0 spiro atoms. The molecule has 4 unspecified atom stereocenters. The fourth-order valence-electron chi connectivity index (χ4n) is 6.39. The third kappa shape index (κ3) is 13.7.